The van der Waals surface area contributed by atoms with Crippen molar-refractivity contribution in [2.45, 2.75) is 33.9 Å². The number of benzene rings is 1. The molecule has 0 bridgehead atoms. The van der Waals surface area contributed by atoms with Gasteiger partial charge in [0.1, 0.15) is 6.61 Å². The van der Waals surface area contributed by atoms with Crippen molar-refractivity contribution in [2.75, 3.05) is 6.61 Å². The van der Waals surface area contributed by atoms with E-state index in [2.05, 4.69) is 18.9 Å². The van der Waals surface area contributed by atoms with Crippen LogP contribution in [-0.2, 0) is 22.7 Å². The molecule has 0 spiro atoms. The van der Waals surface area contributed by atoms with Gasteiger partial charge >= 0.3 is 5.97 Å². The second-order valence-electron chi connectivity index (χ2n) is 5.84. The Morgan fingerprint density at radius 1 is 1.29 bits per heavy atom. The van der Waals surface area contributed by atoms with E-state index in [0.29, 0.717) is 25.0 Å². The van der Waals surface area contributed by atoms with Gasteiger partial charge in [0.2, 0.25) is 5.88 Å². The van der Waals surface area contributed by atoms with Crippen molar-refractivity contribution in [3.63, 3.8) is 0 Å². The fraction of sp³-hybridized carbons (Fsp3) is 0.368. The van der Waals surface area contributed by atoms with E-state index in [1.54, 1.807) is 13.0 Å². The Hall–Kier alpha value is -2.56. The summed E-state index contributed by atoms with van der Waals surface area (Å²) < 4.78 is 12.5. The molecule has 1 aromatic heterocycles. The van der Waals surface area contributed by atoms with Crippen LogP contribution in [0.25, 0.3) is 6.08 Å². The zero-order valence-electron chi connectivity index (χ0n) is 14.4. The summed E-state index contributed by atoms with van der Waals surface area (Å²) in [7, 11) is 0. The number of esters is 1. The topological polar surface area (TPSA) is 53.4 Å². The van der Waals surface area contributed by atoms with Crippen LogP contribution in [0.15, 0.2) is 42.5 Å². The van der Waals surface area contributed by atoms with Gasteiger partial charge in [-0.3, -0.25) is 4.68 Å². The highest BCUT2D eigenvalue weighted by Crippen LogP contribution is 2.17. The highest BCUT2D eigenvalue weighted by Gasteiger charge is 2.09. The monoisotopic (exact) mass is 328 g/mol. The Balaban J connectivity index is 2.10. The molecule has 0 amide bonds. The molecule has 0 atom stereocenters. The number of aromatic nitrogens is 2. The Labute approximate surface area is 142 Å². The van der Waals surface area contributed by atoms with Crippen LogP contribution in [0.2, 0.25) is 0 Å². The largest absolute Gasteiger partial charge is 0.472 e. The minimum Gasteiger partial charge on any atom is -0.472 e. The van der Waals surface area contributed by atoms with E-state index < -0.39 is 0 Å². The van der Waals surface area contributed by atoms with E-state index >= 15 is 0 Å². The quantitative estimate of drug-likeness (QED) is 0.548. The molecule has 5 heteroatoms. The Kier molecular flexibility index (Phi) is 6.61. The summed E-state index contributed by atoms with van der Waals surface area (Å²) >= 11 is 0. The summed E-state index contributed by atoms with van der Waals surface area (Å²) in [5, 5.41) is 4.48. The maximum Gasteiger partial charge on any atom is 0.330 e. The summed E-state index contributed by atoms with van der Waals surface area (Å²) in [5.74, 6) is 0.617. The first-order chi connectivity index (χ1) is 11.6. The first-order valence-corrected chi connectivity index (χ1v) is 8.18. The predicted molar refractivity (Wildman–Crippen MR) is 93.5 cm³/mol. The predicted octanol–water partition coefficient (Wildman–Crippen LogP) is 3.69. The molecule has 0 radical (unpaired) electrons. The van der Waals surface area contributed by atoms with Gasteiger partial charge in [-0.05, 0) is 24.5 Å². The lowest BCUT2D eigenvalue weighted by Crippen LogP contribution is -2.08. The lowest BCUT2D eigenvalue weighted by molar-refractivity contribution is -0.137. The number of nitrogens with zero attached hydrogens (tertiary/aromatic N) is 2. The number of rotatable bonds is 8. The van der Waals surface area contributed by atoms with Crippen molar-refractivity contribution < 1.29 is 14.3 Å². The highest BCUT2D eigenvalue weighted by atomic mass is 16.5. The maximum absolute atomic E-state index is 11.5. The van der Waals surface area contributed by atoms with Crippen molar-refractivity contribution in [2.24, 2.45) is 5.92 Å². The van der Waals surface area contributed by atoms with Gasteiger partial charge in [0.25, 0.3) is 0 Å². The van der Waals surface area contributed by atoms with Gasteiger partial charge in [0.15, 0.2) is 0 Å². The first-order valence-electron chi connectivity index (χ1n) is 8.18. The third kappa shape index (κ3) is 5.57. The molecule has 0 N–H and O–H groups in total. The molecular weight excluding hydrogens is 304 g/mol. The zero-order valence-corrected chi connectivity index (χ0v) is 14.4. The number of ether oxygens (including phenoxy) is 2. The molecule has 0 aliphatic heterocycles. The molecule has 0 aliphatic carbocycles. The molecule has 2 aromatic rings. The fourth-order valence-electron chi connectivity index (χ4n) is 2.18. The van der Waals surface area contributed by atoms with Crippen LogP contribution in [0.5, 0.6) is 5.88 Å². The van der Waals surface area contributed by atoms with Crippen molar-refractivity contribution in [3.05, 3.63) is 53.7 Å². The summed E-state index contributed by atoms with van der Waals surface area (Å²) in [6.45, 7) is 7.58. The molecule has 24 heavy (non-hydrogen) atoms. The highest BCUT2D eigenvalue weighted by molar-refractivity contribution is 5.86. The van der Waals surface area contributed by atoms with E-state index in [1.807, 2.05) is 41.1 Å². The van der Waals surface area contributed by atoms with E-state index in [0.717, 1.165) is 17.8 Å². The van der Waals surface area contributed by atoms with Gasteiger partial charge < -0.3 is 9.47 Å². The van der Waals surface area contributed by atoms with Gasteiger partial charge in [-0.1, -0.05) is 44.2 Å². The summed E-state index contributed by atoms with van der Waals surface area (Å²) in [5.41, 5.74) is 1.90. The van der Waals surface area contributed by atoms with E-state index in [4.69, 9.17) is 9.47 Å². The van der Waals surface area contributed by atoms with E-state index in [1.165, 1.54) is 6.08 Å². The molecule has 0 saturated carbocycles. The molecular formula is C19H24N2O3. The van der Waals surface area contributed by atoms with Gasteiger partial charge in [-0.15, -0.1) is 5.10 Å². The molecule has 2 rings (SSSR count). The van der Waals surface area contributed by atoms with Crippen molar-refractivity contribution >= 4 is 12.0 Å². The van der Waals surface area contributed by atoms with Crippen molar-refractivity contribution in [1.29, 1.82) is 0 Å². The van der Waals surface area contributed by atoms with Crippen molar-refractivity contribution in [1.82, 2.24) is 9.78 Å². The SMILES string of the molecule is CCOC(=O)C=Cc1cc(OCc2ccccc2)nn1CC(C)C. The van der Waals surface area contributed by atoms with Gasteiger partial charge in [0.05, 0.1) is 12.3 Å². The third-order valence-electron chi connectivity index (χ3n) is 3.23. The number of hydrogen-bond acceptors (Lipinski definition) is 4. The molecule has 128 valence electrons. The molecule has 0 fully saturated rings. The van der Waals surface area contributed by atoms with Gasteiger partial charge in [-0.2, -0.15) is 0 Å². The van der Waals surface area contributed by atoms with Crippen LogP contribution in [0.4, 0.5) is 0 Å². The lowest BCUT2D eigenvalue weighted by Gasteiger charge is -2.07. The van der Waals surface area contributed by atoms with E-state index in [9.17, 15) is 4.79 Å². The normalized spacial score (nSPS) is 11.2. The minimum atomic E-state index is -0.360. The summed E-state index contributed by atoms with van der Waals surface area (Å²) in [6.07, 6.45) is 3.13. The summed E-state index contributed by atoms with van der Waals surface area (Å²) in [6, 6.07) is 11.8. The fourth-order valence-corrected chi connectivity index (χ4v) is 2.18. The Bertz CT molecular complexity index is 675. The average molecular weight is 328 g/mol. The van der Waals surface area contributed by atoms with Crippen LogP contribution in [-0.4, -0.2) is 22.4 Å². The Morgan fingerprint density at radius 3 is 2.71 bits per heavy atom. The zero-order chi connectivity index (χ0) is 17.4. The van der Waals surface area contributed by atoms with Crippen LogP contribution in [0.1, 0.15) is 32.0 Å². The van der Waals surface area contributed by atoms with Gasteiger partial charge in [-0.25, -0.2) is 4.79 Å². The number of hydrogen-bond donors (Lipinski definition) is 0. The Morgan fingerprint density at radius 2 is 2.04 bits per heavy atom. The lowest BCUT2D eigenvalue weighted by atomic mass is 10.2. The number of carbonyl (C=O) groups is 1. The van der Waals surface area contributed by atoms with Crippen LogP contribution < -0.4 is 4.74 Å². The van der Waals surface area contributed by atoms with Gasteiger partial charge in [0, 0.05) is 18.7 Å². The first kappa shape index (κ1) is 17.8. The van der Waals surface area contributed by atoms with Crippen LogP contribution in [0.3, 0.4) is 0 Å². The molecule has 1 aromatic carbocycles. The molecule has 0 saturated heterocycles. The molecule has 0 unspecified atom stereocenters. The summed E-state index contributed by atoms with van der Waals surface area (Å²) in [4.78, 5) is 11.5. The standard InChI is InChI=1S/C19H24N2O3/c1-4-23-19(22)11-10-17-12-18(20-21(17)13-15(2)3)24-14-16-8-6-5-7-9-16/h5-12,15H,4,13-14H2,1-3H3. The molecule has 0 aliphatic rings. The second-order valence-corrected chi connectivity index (χ2v) is 5.84. The maximum atomic E-state index is 11.5. The van der Waals surface area contributed by atoms with Crippen molar-refractivity contribution in [3.8, 4) is 5.88 Å². The average Bonchev–Trinajstić information content (AvgIpc) is 2.93. The van der Waals surface area contributed by atoms with Crippen LogP contribution >= 0.6 is 0 Å². The smallest absolute Gasteiger partial charge is 0.330 e. The van der Waals surface area contributed by atoms with Crippen LogP contribution in [0, 0.1) is 5.92 Å². The third-order valence-corrected chi connectivity index (χ3v) is 3.23. The second kappa shape index (κ2) is 8.91. The minimum absolute atomic E-state index is 0.360. The molecule has 1 heterocycles. The molecule has 5 nitrogen and oxygen atoms in total. The number of carbonyl (C=O) groups excluding carboxylic acids is 1. The van der Waals surface area contributed by atoms with E-state index in [-0.39, 0.29) is 5.97 Å².